The standard InChI is InChI=1S/C66H103ClF3N11O11/c1-18-39(5)53-62(90)75(13)42(8)57(85)81-33-31-49(81)60(88)76(14)50(36-43-24-21-20-22-25-43)59(87)73(11)37-51(82)71-47(30-28-44-27-29-45(46(67)35-44)66(68,69)70)58(86)80-32-23-26-48(80)61(89)79(17)65(9,10)64(92)78(16)54(38(3)4)63(91)74(12)41(7)34-52(83)77(15)55(40(6)19-2)56(84)72-53/h27,29,35,38-43,47-50,53-55H,18-26,28,30-34,36-37H2,1-17H3,(H,71,82)(H,72,84)/t39-,40-,41+,42-,47-,48-,49-,50-,53-,54-,55-/m0/s1. The van der Waals surface area contributed by atoms with Crippen molar-refractivity contribution in [3.63, 3.8) is 0 Å². The van der Waals surface area contributed by atoms with Gasteiger partial charge in [-0.05, 0) is 108 Å². The number of aryl methyl sites for hydroxylation is 1. The van der Waals surface area contributed by atoms with Crippen molar-refractivity contribution in [3.05, 3.63) is 34.3 Å². The second-order valence-corrected chi connectivity index (χ2v) is 27.7. The molecule has 1 saturated carbocycles. The molecule has 5 rings (SSSR count). The number of nitrogens with zero attached hydrogens (tertiary/aromatic N) is 9. The predicted molar refractivity (Wildman–Crippen MR) is 342 cm³/mol. The Morgan fingerprint density at radius 2 is 1.23 bits per heavy atom. The fourth-order valence-corrected chi connectivity index (χ4v) is 13.5. The first-order valence-corrected chi connectivity index (χ1v) is 33.1. The molecule has 0 unspecified atom stereocenters. The molecule has 4 aliphatic rings. The number of likely N-dealkylation sites (N-methyl/N-ethyl adjacent to an activating group) is 7. The molecule has 3 aliphatic heterocycles. The van der Waals surface area contributed by atoms with E-state index in [0.29, 0.717) is 24.8 Å². The summed E-state index contributed by atoms with van der Waals surface area (Å²) in [6.45, 7) is 16.7. The third kappa shape index (κ3) is 17.4. The second kappa shape index (κ2) is 32.1. The number of alkyl halides is 3. The monoisotopic (exact) mass is 1320 g/mol. The Balaban J connectivity index is 1.58. The molecule has 516 valence electrons. The molecule has 0 radical (unpaired) electrons. The van der Waals surface area contributed by atoms with Gasteiger partial charge in [-0.1, -0.05) is 104 Å². The van der Waals surface area contributed by atoms with Crippen LogP contribution >= 0.6 is 11.6 Å². The van der Waals surface area contributed by atoms with E-state index in [0.717, 1.165) is 49.1 Å². The van der Waals surface area contributed by atoms with Gasteiger partial charge in [0.15, 0.2) is 0 Å². The van der Waals surface area contributed by atoms with E-state index in [1.165, 1.54) is 115 Å². The summed E-state index contributed by atoms with van der Waals surface area (Å²) < 4.78 is 41.4. The van der Waals surface area contributed by atoms with E-state index >= 15 is 4.79 Å². The first-order chi connectivity index (χ1) is 42.8. The van der Waals surface area contributed by atoms with Crippen molar-refractivity contribution in [2.24, 2.45) is 23.7 Å². The molecule has 3 saturated heterocycles. The van der Waals surface area contributed by atoms with Crippen molar-refractivity contribution in [1.29, 1.82) is 0 Å². The van der Waals surface area contributed by atoms with Crippen LogP contribution in [0, 0.1) is 23.7 Å². The van der Waals surface area contributed by atoms with Gasteiger partial charge < -0.3 is 54.7 Å². The molecule has 0 spiro atoms. The predicted octanol–water partition coefficient (Wildman–Crippen LogP) is 5.85. The van der Waals surface area contributed by atoms with Crippen LogP contribution in [0.3, 0.4) is 0 Å². The summed E-state index contributed by atoms with van der Waals surface area (Å²) in [6, 6.07) is -6.76. The van der Waals surface area contributed by atoms with Crippen LogP contribution in [0.5, 0.6) is 0 Å². The van der Waals surface area contributed by atoms with Gasteiger partial charge in [0, 0.05) is 74.9 Å². The fourth-order valence-electron chi connectivity index (χ4n) is 13.2. The number of hydrogen-bond donors (Lipinski definition) is 2. The van der Waals surface area contributed by atoms with Crippen LogP contribution in [-0.4, -0.2) is 238 Å². The third-order valence-corrected chi connectivity index (χ3v) is 20.7. The largest absolute Gasteiger partial charge is 0.417 e. The van der Waals surface area contributed by atoms with Gasteiger partial charge in [0.25, 0.3) is 0 Å². The van der Waals surface area contributed by atoms with Crippen LogP contribution in [0.2, 0.25) is 5.02 Å². The van der Waals surface area contributed by atoms with Crippen LogP contribution < -0.4 is 10.6 Å². The highest BCUT2D eigenvalue weighted by Crippen LogP contribution is 2.36. The Morgan fingerprint density at radius 3 is 1.78 bits per heavy atom. The van der Waals surface area contributed by atoms with E-state index in [1.54, 1.807) is 27.7 Å². The highest BCUT2D eigenvalue weighted by atomic mass is 35.5. The second-order valence-electron chi connectivity index (χ2n) is 27.3. The summed E-state index contributed by atoms with van der Waals surface area (Å²) in [5, 5.41) is 5.12. The van der Waals surface area contributed by atoms with Gasteiger partial charge in [-0.3, -0.25) is 52.7 Å². The van der Waals surface area contributed by atoms with E-state index in [9.17, 15) is 61.1 Å². The summed E-state index contributed by atoms with van der Waals surface area (Å²) in [4.78, 5) is 173. The maximum atomic E-state index is 15.0. The smallest absolute Gasteiger partial charge is 0.343 e. The average Bonchev–Trinajstić information content (AvgIpc) is 1.07. The number of carbonyl (C=O) groups is 11. The van der Waals surface area contributed by atoms with Crippen LogP contribution in [0.4, 0.5) is 13.2 Å². The highest BCUT2D eigenvalue weighted by Gasteiger charge is 2.49. The van der Waals surface area contributed by atoms with Gasteiger partial charge in [-0.2, -0.15) is 13.2 Å². The number of hydrogen-bond acceptors (Lipinski definition) is 11. The molecule has 26 heteroatoms. The van der Waals surface area contributed by atoms with Gasteiger partial charge in [0.2, 0.25) is 65.0 Å². The molecule has 3 heterocycles. The molecule has 92 heavy (non-hydrogen) atoms. The maximum absolute atomic E-state index is 15.0. The summed E-state index contributed by atoms with van der Waals surface area (Å²) in [5.41, 5.74) is -2.41. The van der Waals surface area contributed by atoms with E-state index in [4.69, 9.17) is 11.6 Å². The molecule has 1 aromatic rings. The molecule has 11 amide bonds. The van der Waals surface area contributed by atoms with Crippen molar-refractivity contribution >= 4 is 76.6 Å². The molecule has 4 fully saturated rings. The van der Waals surface area contributed by atoms with Gasteiger partial charge in [-0.15, -0.1) is 0 Å². The topological polar surface area (TPSA) is 241 Å². The summed E-state index contributed by atoms with van der Waals surface area (Å²) in [6.07, 6.45) is 1.04. The van der Waals surface area contributed by atoms with Crippen molar-refractivity contribution in [2.75, 3.05) is 69.0 Å². The first-order valence-electron chi connectivity index (χ1n) is 32.8. The number of fused-ring (bicyclic) bond motifs is 2. The van der Waals surface area contributed by atoms with Crippen LogP contribution in [-0.2, 0) is 65.3 Å². The third-order valence-electron chi connectivity index (χ3n) is 20.4. The van der Waals surface area contributed by atoms with E-state index in [2.05, 4.69) is 10.6 Å². The minimum absolute atomic E-state index is 0.0347. The summed E-state index contributed by atoms with van der Waals surface area (Å²) in [5.74, 6) is -7.94. The summed E-state index contributed by atoms with van der Waals surface area (Å²) >= 11 is 6.12. The molecule has 0 bridgehead atoms. The lowest BCUT2D eigenvalue weighted by Crippen LogP contribution is -2.65. The number of amides is 11. The van der Waals surface area contributed by atoms with Crippen molar-refractivity contribution in [3.8, 4) is 0 Å². The Bertz CT molecular complexity index is 2870. The van der Waals surface area contributed by atoms with Crippen molar-refractivity contribution < 1.29 is 65.9 Å². The lowest BCUT2D eigenvalue weighted by Gasteiger charge is -2.45. The molecule has 0 aromatic heterocycles. The van der Waals surface area contributed by atoms with Crippen LogP contribution in [0.25, 0.3) is 0 Å². The Labute approximate surface area is 547 Å². The zero-order valence-corrected chi connectivity index (χ0v) is 58.0. The minimum Gasteiger partial charge on any atom is -0.343 e. The van der Waals surface area contributed by atoms with Gasteiger partial charge in [-0.25, -0.2) is 0 Å². The molecule has 22 nitrogen and oxygen atoms in total. The highest BCUT2D eigenvalue weighted by molar-refractivity contribution is 6.31. The number of rotatable bonds is 10. The number of benzene rings is 1. The molecule has 11 atom stereocenters. The van der Waals surface area contributed by atoms with Gasteiger partial charge >= 0.3 is 6.18 Å². The quantitative estimate of drug-likeness (QED) is 0.282. The normalized spacial score (nSPS) is 27.9. The fraction of sp³-hybridized carbons (Fsp3) is 0.742. The number of nitrogens with one attached hydrogen (secondary N) is 2. The van der Waals surface area contributed by atoms with E-state index in [1.807, 2.05) is 20.8 Å². The molecule has 2 N–H and O–H groups in total. The summed E-state index contributed by atoms with van der Waals surface area (Å²) in [7, 11) is 10.2. The molecule has 1 aliphatic carbocycles. The van der Waals surface area contributed by atoms with Crippen molar-refractivity contribution in [1.82, 2.24) is 54.7 Å². The lowest BCUT2D eigenvalue weighted by molar-refractivity contribution is -0.160. The Kier molecular flexibility index (Phi) is 26.6. The minimum atomic E-state index is -4.75. The molecular weight excluding hydrogens is 1220 g/mol. The van der Waals surface area contributed by atoms with Gasteiger partial charge in [0.1, 0.15) is 53.9 Å². The zero-order valence-electron chi connectivity index (χ0n) is 57.3. The van der Waals surface area contributed by atoms with E-state index < -0.39 is 166 Å². The lowest BCUT2D eigenvalue weighted by atomic mass is 9.84. The van der Waals surface area contributed by atoms with E-state index in [-0.39, 0.29) is 57.5 Å². The number of carbonyl (C=O) groups excluding carboxylic acids is 11. The maximum Gasteiger partial charge on any atom is 0.417 e. The van der Waals surface area contributed by atoms with Crippen LogP contribution in [0.1, 0.15) is 164 Å². The van der Waals surface area contributed by atoms with Crippen LogP contribution in [0.15, 0.2) is 18.2 Å². The Morgan fingerprint density at radius 1 is 0.630 bits per heavy atom. The van der Waals surface area contributed by atoms with Gasteiger partial charge in [0.05, 0.1) is 17.1 Å². The molecule has 1 aromatic carbocycles. The molecular formula is C66H103ClF3N11O11. The average molecular weight is 1320 g/mol. The number of halogens is 4. The van der Waals surface area contributed by atoms with Crippen molar-refractivity contribution in [2.45, 2.75) is 225 Å². The Hall–Kier alpha value is -6.53. The first kappa shape index (κ1) is 76.2. The zero-order chi connectivity index (χ0) is 69.3. The SMILES string of the molecule is CC[C@H](C)[C@@H]1NC(=O)[C@H]([C@@H](C)CC)N(C)C(=O)C[C@@H](C)N(C)C(=O)[C@H](C(C)C)N(C)C(=O)C(C)(C)N(C)C(=O)[C@@H]2CCCN2C(=O)[C@H](CCc2ccc(C(F)(F)F)c(Cl)c2)NC(=O)CN(C)C(=O)[C@H](CC2CCCCC2)N(C)C(=O)[C@@H]2CCN2C(=O)[C@H](C)N(C)C1=O.